The molecule has 1 aromatic carbocycles. The second kappa shape index (κ2) is 11.1. The molecule has 2 amide bonds. The molecule has 0 spiro atoms. The summed E-state index contributed by atoms with van der Waals surface area (Å²) >= 11 is 4.74. The molecule has 1 aliphatic heterocycles. The van der Waals surface area contributed by atoms with E-state index in [-0.39, 0.29) is 36.7 Å². The Kier molecular flexibility index (Phi) is 8.05. The van der Waals surface area contributed by atoms with E-state index in [4.69, 9.17) is 5.90 Å². The first kappa shape index (κ1) is 26.9. The Hall–Kier alpha value is -3.15. The summed E-state index contributed by atoms with van der Waals surface area (Å²) in [6, 6.07) is 10.5. The topological polar surface area (TPSA) is 128 Å². The third kappa shape index (κ3) is 6.41. The van der Waals surface area contributed by atoms with Crippen LogP contribution in [0.15, 0.2) is 53.3 Å². The molecule has 1 fully saturated rings. The van der Waals surface area contributed by atoms with Crippen molar-refractivity contribution in [2.75, 3.05) is 13.1 Å². The van der Waals surface area contributed by atoms with Gasteiger partial charge in [-0.05, 0) is 39.0 Å². The standard InChI is InChI=1S/C26H28BrN5O4S/c1-26(2,3)21-9-8-20(37-21)23(33)31-19(24(34)32-13-17(14-32)25(35)36-28)10-15-4-6-16(7-5-15)22-29-11-18(27)12-30-22/h4-9,11-12,17,19H,10,13-14,28H2,1-3H3,(H,31,33)/t19-/m0/s1. The van der Waals surface area contributed by atoms with E-state index in [2.05, 4.69) is 56.8 Å². The third-order valence-electron chi connectivity index (χ3n) is 6.09. The van der Waals surface area contributed by atoms with Crippen LogP contribution < -0.4 is 11.2 Å². The minimum Gasteiger partial charge on any atom is -0.373 e. The monoisotopic (exact) mass is 585 g/mol. The van der Waals surface area contributed by atoms with Crippen molar-refractivity contribution in [2.24, 2.45) is 11.8 Å². The maximum absolute atomic E-state index is 13.3. The lowest BCUT2D eigenvalue weighted by molar-refractivity contribution is -0.159. The molecule has 0 aliphatic carbocycles. The molecule has 9 nitrogen and oxygen atoms in total. The quantitative estimate of drug-likeness (QED) is 0.406. The normalized spacial score (nSPS) is 14.6. The summed E-state index contributed by atoms with van der Waals surface area (Å²) in [5, 5.41) is 2.92. The van der Waals surface area contributed by atoms with E-state index in [0.29, 0.717) is 10.7 Å². The van der Waals surface area contributed by atoms with Crippen LogP contribution in [0.3, 0.4) is 0 Å². The molecule has 0 bridgehead atoms. The smallest absolute Gasteiger partial charge is 0.331 e. The minimum absolute atomic E-state index is 0.0804. The number of hydrogen-bond donors (Lipinski definition) is 2. The van der Waals surface area contributed by atoms with Gasteiger partial charge in [0.25, 0.3) is 5.91 Å². The summed E-state index contributed by atoms with van der Waals surface area (Å²) in [4.78, 5) is 54.2. The van der Waals surface area contributed by atoms with Crippen molar-refractivity contribution in [1.29, 1.82) is 0 Å². The van der Waals surface area contributed by atoms with Crippen molar-refractivity contribution in [3.63, 3.8) is 0 Å². The number of thiophene rings is 1. The SMILES string of the molecule is CC(C)(C)c1ccc(C(=O)N[C@@H](Cc2ccc(-c3ncc(Br)cn3)cc2)C(=O)N2CC(C(=O)ON)C2)s1. The summed E-state index contributed by atoms with van der Waals surface area (Å²) in [7, 11) is 0. The average molecular weight is 587 g/mol. The predicted octanol–water partition coefficient (Wildman–Crippen LogP) is 3.48. The second-order valence-corrected chi connectivity index (χ2v) is 11.9. The Bertz CT molecular complexity index is 1280. The minimum atomic E-state index is -0.808. The summed E-state index contributed by atoms with van der Waals surface area (Å²) in [6.07, 6.45) is 3.64. The van der Waals surface area contributed by atoms with E-state index in [1.54, 1.807) is 18.5 Å². The van der Waals surface area contributed by atoms with Gasteiger partial charge in [-0.3, -0.25) is 9.59 Å². The Labute approximate surface area is 227 Å². The maximum Gasteiger partial charge on any atom is 0.331 e. The van der Waals surface area contributed by atoms with Crippen molar-refractivity contribution < 1.29 is 19.2 Å². The number of amides is 2. The van der Waals surface area contributed by atoms with Gasteiger partial charge < -0.3 is 15.1 Å². The number of nitrogens with one attached hydrogen (secondary N) is 1. The van der Waals surface area contributed by atoms with Crippen LogP contribution in [-0.4, -0.2) is 51.8 Å². The summed E-state index contributed by atoms with van der Waals surface area (Å²) in [5.74, 6) is 3.98. The van der Waals surface area contributed by atoms with E-state index >= 15 is 0 Å². The predicted molar refractivity (Wildman–Crippen MR) is 143 cm³/mol. The van der Waals surface area contributed by atoms with E-state index in [1.807, 2.05) is 30.3 Å². The van der Waals surface area contributed by atoms with Crippen molar-refractivity contribution in [1.82, 2.24) is 20.2 Å². The number of halogens is 1. The summed E-state index contributed by atoms with van der Waals surface area (Å²) < 4.78 is 0.790. The van der Waals surface area contributed by atoms with E-state index in [1.165, 1.54) is 16.2 Å². The van der Waals surface area contributed by atoms with Crippen molar-refractivity contribution in [2.45, 2.75) is 38.6 Å². The molecule has 0 radical (unpaired) electrons. The van der Waals surface area contributed by atoms with E-state index in [0.717, 1.165) is 20.5 Å². The van der Waals surface area contributed by atoms with Gasteiger partial charge in [0.1, 0.15) is 6.04 Å². The first-order valence-electron chi connectivity index (χ1n) is 11.7. The molecular weight excluding hydrogens is 558 g/mol. The van der Waals surface area contributed by atoms with Crippen molar-refractivity contribution in [3.05, 3.63) is 68.6 Å². The molecule has 1 saturated heterocycles. The van der Waals surface area contributed by atoms with E-state index < -0.39 is 17.9 Å². The summed E-state index contributed by atoms with van der Waals surface area (Å²) in [5.41, 5.74) is 1.62. The fraction of sp³-hybridized carbons (Fsp3) is 0.346. The molecular formula is C26H28BrN5O4S. The summed E-state index contributed by atoms with van der Waals surface area (Å²) in [6.45, 7) is 6.66. The van der Waals surface area contributed by atoms with Gasteiger partial charge in [-0.25, -0.2) is 14.8 Å². The van der Waals surface area contributed by atoms with Crippen molar-refractivity contribution >= 4 is 45.1 Å². The Morgan fingerprint density at radius 1 is 1.14 bits per heavy atom. The van der Waals surface area contributed by atoms with Gasteiger partial charge in [0.2, 0.25) is 5.91 Å². The molecule has 0 unspecified atom stereocenters. The number of rotatable bonds is 7. The number of nitrogens with two attached hydrogens (primary N) is 1. The van der Waals surface area contributed by atoms with Gasteiger partial charge in [-0.1, -0.05) is 45.0 Å². The first-order chi connectivity index (χ1) is 17.5. The number of carbonyl (C=O) groups is 3. The number of benzene rings is 1. The van der Waals surface area contributed by atoms with Gasteiger partial charge in [0.15, 0.2) is 5.82 Å². The maximum atomic E-state index is 13.3. The first-order valence-corrected chi connectivity index (χ1v) is 13.3. The molecule has 194 valence electrons. The van der Waals surface area contributed by atoms with Crippen LogP contribution in [0.4, 0.5) is 0 Å². The highest BCUT2D eigenvalue weighted by molar-refractivity contribution is 9.10. The number of likely N-dealkylation sites (tertiary alicyclic amines) is 1. The number of nitrogens with zero attached hydrogens (tertiary/aromatic N) is 3. The van der Waals surface area contributed by atoms with Gasteiger partial charge in [0.05, 0.1) is 15.3 Å². The largest absolute Gasteiger partial charge is 0.373 e. The second-order valence-electron chi connectivity index (χ2n) is 9.94. The lowest BCUT2D eigenvalue weighted by Crippen LogP contribution is -2.59. The average Bonchev–Trinajstić information content (AvgIpc) is 3.35. The van der Waals surface area contributed by atoms with Gasteiger partial charge >= 0.3 is 5.97 Å². The molecule has 0 saturated carbocycles. The number of aromatic nitrogens is 2. The zero-order valence-corrected chi connectivity index (χ0v) is 23.1. The lowest BCUT2D eigenvalue weighted by atomic mass is 9.95. The van der Waals surface area contributed by atoms with E-state index in [9.17, 15) is 14.4 Å². The zero-order chi connectivity index (χ0) is 26.7. The van der Waals surface area contributed by atoms with Crippen LogP contribution in [-0.2, 0) is 26.3 Å². The zero-order valence-electron chi connectivity index (χ0n) is 20.7. The molecule has 4 rings (SSSR count). The fourth-order valence-electron chi connectivity index (χ4n) is 3.90. The van der Waals surface area contributed by atoms with Gasteiger partial charge in [-0.15, -0.1) is 11.3 Å². The molecule has 11 heteroatoms. The van der Waals surface area contributed by atoms with Crippen LogP contribution in [0.5, 0.6) is 0 Å². The Balaban J connectivity index is 1.51. The molecule has 3 aromatic rings. The van der Waals surface area contributed by atoms with Gasteiger partial charge in [-0.2, -0.15) is 5.90 Å². The molecule has 3 heterocycles. The highest BCUT2D eigenvalue weighted by Crippen LogP contribution is 2.29. The molecule has 1 aliphatic rings. The highest BCUT2D eigenvalue weighted by Gasteiger charge is 2.39. The van der Waals surface area contributed by atoms with Crippen LogP contribution in [0.1, 0.15) is 40.9 Å². The van der Waals surface area contributed by atoms with Gasteiger partial charge in [0, 0.05) is 42.3 Å². The van der Waals surface area contributed by atoms with Crippen LogP contribution in [0, 0.1) is 5.92 Å². The molecule has 2 aromatic heterocycles. The molecule has 3 N–H and O–H groups in total. The Morgan fingerprint density at radius 3 is 2.35 bits per heavy atom. The van der Waals surface area contributed by atoms with Crippen LogP contribution in [0.25, 0.3) is 11.4 Å². The fourth-order valence-corrected chi connectivity index (χ4v) is 5.08. The highest BCUT2D eigenvalue weighted by atomic mass is 79.9. The molecule has 37 heavy (non-hydrogen) atoms. The third-order valence-corrected chi connectivity index (χ3v) is 8.01. The lowest BCUT2D eigenvalue weighted by Gasteiger charge is -2.39. The number of hydrogen-bond acceptors (Lipinski definition) is 8. The van der Waals surface area contributed by atoms with Crippen molar-refractivity contribution in [3.8, 4) is 11.4 Å². The van der Waals surface area contributed by atoms with Crippen LogP contribution >= 0.6 is 27.3 Å². The molecule has 1 atom stereocenters. The number of carbonyl (C=O) groups excluding carboxylic acids is 3. The van der Waals surface area contributed by atoms with Crippen LogP contribution in [0.2, 0.25) is 0 Å². The Morgan fingerprint density at radius 2 is 1.78 bits per heavy atom.